The molecule has 1 aromatic heterocycles. The molecular weight excluding hydrogens is 380 g/mol. The highest BCUT2D eigenvalue weighted by Gasteiger charge is 2.10. The minimum absolute atomic E-state index is 0.302. The van der Waals surface area contributed by atoms with Crippen molar-refractivity contribution in [2.24, 2.45) is 0 Å². The van der Waals surface area contributed by atoms with E-state index in [0.717, 1.165) is 5.56 Å². The normalized spacial score (nSPS) is 10.3. The van der Waals surface area contributed by atoms with Gasteiger partial charge in [-0.15, -0.1) is 10.2 Å². The monoisotopic (exact) mass is 398 g/mol. The molecule has 0 saturated carbocycles. The van der Waals surface area contributed by atoms with Gasteiger partial charge in [-0.3, -0.25) is 4.79 Å². The van der Waals surface area contributed by atoms with Gasteiger partial charge in [0.2, 0.25) is 0 Å². The Morgan fingerprint density at radius 3 is 2.43 bits per heavy atom. The number of amides is 1. The summed E-state index contributed by atoms with van der Waals surface area (Å²) in [5.74, 6) is 1.72. The summed E-state index contributed by atoms with van der Waals surface area (Å²) in [5, 5.41) is 14.6. The number of halogens is 1. The summed E-state index contributed by atoms with van der Waals surface area (Å²) in [5.41, 5.74) is 2.08. The van der Waals surface area contributed by atoms with Gasteiger partial charge in [-0.05, 0) is 48.9 Å². The molecule has 0 aliphatic heterocycles. The molecular formula is C20H19ClN4O3. The Morgan fingerprint density at radius 1 is 1.00 bits per heavy atom. The van der Waals surface area contributed by atoms with Gasteiger partial charge in [0.25, 0.3) is 5.91 Å². The zero-order valence-electron chi connectivity index (χ0n) is 15.6. The standard InChI is InChI=1S/C20H19ClN4O3/c1-12-9-16(17(28-3)11-15(12)21)22-18-7-8-19(25-24-18)23-20(26)13-5-4-6-14(10-13)27-2/h4-11H,1-3H3,(H,22,24)(H,23,25,26). The second-order valence-electron chi connectivity index (χ2n) is 5.92. The fourth-order valence-corrected chi connectivity index (χ4v) is 2.64. The van der Waals surface area contributed by atoms with Crippen LogP contribution in [-0.4, -0.2) is 30.3 Å². The predicted molar refractivity (Wildman–Crippen MR) is 109 cm³/mol. The van der Waals surface area contributed by atoms with Crippen LogP contribution in [0.15, 0.2) is 48.5 Å². The molecule has 0 spiro atoms. The number of nitrogens with zero attached hydrogens (tertiary/aromatic N) is 2. The molecule has 7 nitrogen and oxygen atoms in total. The SMILES string of the molecule is COc1cccc(C(=O)Nc2ccc(Nc3cc(C)c(Cl)cc3OC)nn2)c1. The van der Waals surface area contributed by atoms with Gasteiger partial charge in [-0.1, -0.05) is 17.7 Å². The van der Waals surface area contributed by atoms with E-state index in [0.29, 0.717) is 39.4 Å². The summed E-state index contributed by atoms with van der Waals surface area (Å²) in [7, 11) is 3.11. The highest BCUT2D eigenvalue weighted by atomic mass is 35.5. The second kappa shape index (κ2) is 8.58. The number of aromatic nitrogens is 2. The summed E-state index contributed by atoms with van der Waals surface area (Å²) in [6.45, 7) is 1.90. The summed E-state index contributed by atoms with van der Waals surface area (Å²) in [6, 6.07) is 13.8. The fourth-order valence-electron chi connectivity index (χ4n) is 2.49. The van der Waals surface area contributed by atoms with Crippen LogP contribution in [0.25, 0.3) is 0 Å². The van der Waals surface area contributed by atoms with Crippen LogP contribution in [0, 0.1) is 6.92 Å². The maximum Gasteiger partial charge on any atom is 0.256 e. The Balaban J connectivity index is 1.72. The van der Waals surface area contributed by atoms with Gasteiger partial charge in [0.15, 0.2) is 11.6 Å². The fraction of sp³-hybridized carbons (Fsp3) is 0.150. The molecule has 0 radical (unpaired) electrons. The number of hydrogen-bond donors (Lipinski definition) is 2. The quantitative estimate of drug-likeness (QED) is 0.638. The van der Waals surface area contributed by atoms with Crippen molar-refractivity contribution in [1.29, 1.82) is 0 Å². The molecule has 0 unspecified atom stereocenters. The lowest BCUT2D eigenvalue weighted by Gasteiger charge is -2.12. The zero-order valence-corrected chi connectivity index (χ0v) is 16.4. The largest absolute Gasteiger partial charge is 0.497 e. The first kappa shape index (κ1) is 19.4. The van der Waals surface area contributed by atoms with Crippen LogP contribution in [0.5, 0.6) is 11.5 Å². The van der Waals surface area contributed by atoms with Crippen LogP contribution in [0.1, 0.15) is 15.9 Å². The van der Waals surface area contributed by atoms with Crippen molar-refractivity contribution in [3.8, 4) is 11.5 Å². The number of ether oxygens (including phenoxy) is 2. The molecule has 8 heteroatoms. The Morgan fingerprint density at radius 2 is 1.75 bits per heavy atom. The molecule has 1 amide bonds. The topological polar surface area (TPSA) is 85.4 Å². The number of anilines is 3. The molecule has 0 bridgehead atoms. The molecule has 1 heterocycles. The van der Waals surface area contributed by atoms with Crippen LogP contribution >= 0.6 is 11.6 Å². The van der Waals surface area contributed by atoms with Crippen molar-refractivity contribution in [2.75, 3.05) is 24.9 Å². The molecule has 3 rings (SSSR count). The summed E-state index contributed by atoms with van der Waals surface area (Å²) >= 11 is 6.12. The molecule has 2 aromatic carbocycles. The van der Waals surface area contributed by atoms with Gasteiger partial charge in [-0.25, -0.2) is 0 Å². The molecule has 0 fully saturated rings. The number of rotatable bonds is 6. The van der Waals surface area contributed by atoms with E-state index in [1.54, 1.807) is 56.7 Å². The lowest BCUT2D eigenvalue weighted by molar-refractivity contribution is 0.102. The third-order valence-corrected chi connectivity index (χ3v) is 4.39. The van der Waals surface area contributed by atoms with Crippen molar-refractivity contribution in [3.05, 3.63) is 64.7 Å². The van der Waals surface area contributed by atoms with Crippen molar-refractivity contribution in [2.45, 2.75) is 6.92 Å². The molecule has 0 saturated heterocycles. The average Bonchev–Trinajstić information content (AvgIpc) is 2.72. The van der Waals surface area contributed by atoms with Crippen molar-refractivity contribution < 1.29 is 14.3 Å². The first-order chi connectivity index (χ1) is 13.5. The van der Waals surface area contributed by atoms with Crippen LogP contribution in [0.3, 0.4) is 0 Å². The highest BCUT2D eigenvalue weighted by molar-refractivity contribution is 6.31. The second-order valence-corrected chi connectivity index (χ2v) is 6.32. The van der Waals surface area contributed by atoms with E-state index >= 15 is 0 Å². The maximum atomic E-state index is 12.3. The van der Waals surface area contributed by atoms with Gasteiger partial charge in [0, 0.05) is 16.7 Å². The zero-order chi connectivity index (χ0) is 20.1. The highest BCUT2D eigenvalue weighted by Crippen LogP contribution is 2.32. The number of carbonyl (C=O) groups is 1. The van der Waals surface area contributed by atoms with Gasteiger partial charge in [0.1, 0.15) is 11.5 Å². The van der Waals surface area contributed by atoms with E-state index in [2.05, 4.69) is 20.8 Å². The van der Waals surface area contributed by atoms with E-state index in [-0.39, 0.29) is 5.91 Å². The Bertz CT molecular complexity index is 993. The lowest BCUT2D eigenvalue weighted by atomic mass is 10.2. The van der Waals surface area contributed by atoms with Gasteiger partial charge in [0.05, 0.1) is 19.9 Å². The molecule has 0 atom stereocenters. The average molecular weight is 399 g/mol. The first-order valence-electron chi connectivity index (χ1n) is 8.40. The number of aryl methyl sites for hydroxylation is 1. The van der Waals surface area contributed by atoms with Crippen molar-refractivity contribution >= 4 is 34.8 Å². The van der Waals surface area contributed by atoms with Crippen LogP contribution < -0.4 is 20.1 Å². The van der Waals surface area contributed by atoms with Gasteiger partial charge < -0.3 is 20.1 Å². The third kappa shape index (κ3) is 4.50. The van der Waals surface area contributed by atoms with E-state index in [1.165, 1.54) is 0 Å². The van der Waals surface area contributed by atoms with Crippen LogP contribution in [0.4, 0.5) is 17.3 Å². The summed E-state index contributed by atoms with van der Waals surface area (Å²) in [4.78, 5) is 12.3. The predicted octanol–water partition coefficient (Wildman–Crippen LogP) is 4.45. The van der Waals surface area contributed by atoms with Crippen LogP contribution in [0.2, 0.25) is 5.02 Å². The molecule has 28 heavy (non-hydrogen) atoms. The summed E-state index contributed by atoms with van der Waals surface area (Å²) in [6.07, 6.45) is 0. The number of methoxy groups -OCH3 is 2. The molecule has 0 aliphatic rings. The van der Waals surface area contributed by atoms with Crippen molar-refractivity contribution in [1.82, 2.24) is 10.2 Å². The third-order valence-electron chi connectivity index (χ3n) is 3.98. The Kier molecular flexibility index (Phi) is 5.96. The van der Waals surface area contributed by atoms with Gasteiger partial charge >= 0.3 is 0 Å². The lowest BCUT2D eigenvalue weighted by Crippen LogP contribution is -2.13. The van der Waals surface area contributed by atoms with E-state index in [4.69, 9.17) is 21.1 Å². The Labute approximate surface area is 167 Å². The molecule has 2 N–H and O–H groups in total. The summed E-state index contributed by atoms with van der Waals surface area (Å²) < 4.78 is 10.5. The van der Waals surface area contributed by atoms with E-state index in [1.807, 2.05) is 13.0 Å². The molecule has 3 aromatic rings. The van der Waals surface area contributed by atoms with E-state index < -0.39 is 0 Å². The molecule has 144 valence electrons. The maximum absolute atomic E-state index is 12.3. The number of hydrogen-bond acceptors (Lipinski definition) is 6. The van der Waals surface area contributed by atoms with Gasteiger partial charge in [-0.2, -0.15) is 0 Å². The smallest absolute Gasteiger partial charge is 0.256 e. The van der Waals surface area contributed by atoms with Crippen LogP contribution in [-0.2, 0) is 0 Å². The number of benzene rings is 2. The number of carbonyl (C=O) groups excluding carboxylic acids is 1. The first-order valence-corrected chi connectivity index (χ1v) is 8.78. The van der Waals surface area contributed by atoms with E-state index in [9.17, 15) is 4.79 Å². The minimum atomic E-state index is -0.302. The number of nitrogens with one attached hydrogen (secondary N) is 2. The Hall–Kier alpha value is -3.32. The molecule has 0 aliphatic carbocycles. The van der Waals surface area contributed by atoms with Crippen molar-refractivity contribution in [3.63, 3.8) is 0 Å². The minimum Gasteiger partial charge on any atom is -0.497 e.